The molecule has 180 valence electrons. The molecule has 0 N–H and O–H groups in total. The second kappa shape index (κ2) is 9.58. The number of hydrogen-bond donors (Lipinski definition) is 0. The van der Waals surface area contributed by atoms with E-state index in [1.54, 1.807) is 11.3 Å². The normalized spacial score (nSPS) is 11.6. The van der Waals surface area contributed by atoms with Gasteiger partial charge in [-0.2, -0.15) is 0 Å². The third-order valence-corrected chi connectivity index (χ3v) is 10.1. The zero-order valence-electron chi connectivity index (χ0n) is 21.4. The summed E-state index contributed by atoms with van der Waals surface area (Å²) in [6.07, 6.45) is 0. The minimum absolute atomic E-state index is 1.07. The van der Waals surface area contributed by atoms with Crippen molar-refractivity contribution in [2.75, 3.05) is 0 Å². The van der Waals surface area contributed by atoms with Gasteiger partial charge in [-0.05, 0) is 45.5 Å². The van der Waals surface area contributed by atoms with Gasteiger partial charge in [0.1, 0.15) is 5.01 Å². The second-order valence-corrected chi connectivity index (χ2v) is 16.7. The molecule has 0 amide bonds. The summed E-state index contributed by atoms with van der Waals surface area (Å²) >= 11 is 1.74. The van der Waals surface area contributed by atoms with Crippen LogP contribution in [0.1, 0.15) is 0 Å². The lowest BCUT2D eigenvalue weighted by Gasteiger charge is -2.17. The van der Waals surface area contributed by atoms with Crippen molar-refractivity contribution in [2.24, 2.45) is 0 Å². The van der Waals surface area contributed by atoms with E-state index in [0.717, 1.165) is 16.1 Å². The molecule has 0 aliphatic rings. The lowest BCUT2D eigenvalue weighted by Crippen LogP contribution is -2.37. The van der Waals surface area contributed by atoms with Crippen molar-refractivity contribution in [3.05, 3.63) is 121 Å². The fraction of sp³-hybridized carbons (Fsp3) is 0.0882. The predicted molar refractivity (Wildman–Crippen MR) is 164 cm³/mol. The van der Waals surface area contributed by atoms with E-state index >= 15 is 0 Å². The first-order chi connectivity index (χ1) is 17.9. The summed E-state index contributed by atoms with van der Waals surface area (Å²) in [5.74, 6) is 0. The van der Waals surface area contributed by atoms with E-state index in [1.807, 2.05) is 6.07 Å². The fourth-order valence-electron chi connectivity index (χ4n) is 4.68. The first-order valence-corrected chi connectivity index (χ1v) is 17.0. The Bertz CT molecular complexity index is 1640. The molecule has 0 unspecified atom stereocenters. The maximum Gasteiger partial charge on any atom is 0.124 e. The Morgan fingerprint density at radius 3 is 1.49 bits per heavy atom. The van der Waals surface area contributed by atoms with Crippen molar-refractivity contribution >= 4 is 34.8 Å². The van der Waals surface area contributed by atoms with Crippen LogP contribution in [-0.4, -0.2) is 13.1 Å². The predicted octanol–water partition coefficient (Wildman–Crippen LogP) is 9.51. The molecule has 0 atom stereocenters. The molecular weight excluding hydrogens is 483 g/mol. The van der Waals surface area contributed by atoms with E-state index in [1.165, 1.54) is 43.3 Å². The summed E-state index contributed by atoms with van der Waals surface area (Å²) < 4.78 is 1.23. The number of hydrogen-bond acceptors (Lipinski definition) is 2. The minimum atomic E-state index is -1.33. The largest absolute Gasteiger partial charge is 0.236 e. The Morgan fingerprint density at radius 2 is 0.973 bits per heavy atom. The lowest BCUT2D eigenvalue weighted by atomic mass is 9.98. The molecule has 0 aliphatic heterocycles. The quantitative estimate of drug-likeness (QED) is 0.210. The van der Waals surface area contributed by atoms with Crippen LogP contribution in [0.5, 0.6) is 0 Å². The SMILES string of the molecule is C[Si](C)(C)c1cccc(-c2ccc(-c3ccc(-c4ccc(-c5nc6ccccc6s5)cc4)cc3)cc2)c1. The number of rotatable bonds is 5. The van der Waals surface area contributed by atoms with E-state index in [-0.39, 0.29) is 0 Å². The molecule has 0 radical (unpaired) electrons. The van der Waals surface area contributed by atoms with Gasteiger partial charge >= 0.3 is 0 Å². The molecule has 6 rings (SSSR count). The van der Waals surface area contributed by atoms with Crippen LogP contribution < -0.4 is 5.19 Å². The molecule has 5 aromatic carbocycles. The third kappa shape index (κ3) is 4.93. The van der Waals surface area contributed by atoms with Gasteiger partial charge in [0.15, 0.2) is 0 Å². The van der Waals surface area contributed by atoms with Crippen molar-refractivity contribution < 1.29 is 0 Å². The maximum atomic E-state index is 4.79. The highest BCUT2D eigenvalue weighted by molar-refractivity contribution is 7.21. The van der Waals surface area contributed by atoms with E-state index in [4.69, 9.17) is 4.98 Å². The summed E-state index contributed by atoms with van der Waals surface area (Å²) in [6, 6.07) is 43.9. The van der Waals surface area contributed by atoms with Gasteiger partial charge in [-0.1, -0.05) is 134 Å². The first kappa shape index (κ1) is 23.6. The van der Waals surface area contributed by atoms with Crippen molar-refractivity contribution in [2.45, 2.75) is 19.6 Å². The monoisotopic (exact) mass is 511 g/mol. The molecule has 0 fully saturated rings. The topological polar surface area (TPSA) is 12.9 Å². The first-order valence-electron chi connectivity index (χ1n) is 12.7. The number of benzene rings is 5. The van der Waals surface area contributed by atoms with Gasteiger partial charge in [-0.3, -0.25) is 0 Å². The highest BCUT2D eigenvalue weighted by Gasteiger charge is 2.16. The van der Waals surface area contributed by atoms with Gasteiger partial charge in [0.2, 0.25) is 0 Å². The van der Waals surface area contributed by atoms with Gasteiger partial charge in [-0.15, -0.1) is 11.3 Å². The molecule has 0 saturated heterocycles. The van der Waals surface area contributed by atoms with Gasteiger partial charge in [0, 0.05) is 5.56 Å². The number of para-hydroxylation sites is 1. The van der Waals surface area contributed by atoms with Crippen LogP contribution in [0.15, 0.2) is 121 Å². The van der Waals surface area contributed by atoms with E-state index in [9.17, 15) is 0 Å². The summed E-state index contributed by atoms with van der Waals surface area (Å²) in [7, 11) is -1.33. The van der Waals surface area contributed by atoms with Crippen molar-refractivity contribution in [3.8, 4) is 44.0 Å². The Morgan fingerprint density at radius 1 is 0.486 bits per heavy atom. The molecule has 37 heavy (non-hydrogen) atoms. The van der Waals surface area contributed by atoms with Crippen LogP contribution in [0.25, 0.3) is 54.2 Å². The summed E-state index contributed by atoms with van der Waals surface area (Å²) in [5.41, 5.74) is 9.71. The third-order valence-electron chi connectivity index (χ3n) is 6.92. The molecule has 3 heteroatoms. The van der Waals surface area contributed by atoms with Crippen LogP contribution in [0.4, 0.5) is 0 Å². The highest BCUT2D eigenvalue weighted by Crippen LogP contribution is 2.32. The summed E-state index contributed by atoms with van der Waals surface area (Å²) in [4.78, 5) is 4.79. The molecule has 0 bridgehead atoms. The number of fused-ring (bicyclic) bond motifs is 1. The zero-order chi connectivity index (χ0) is 25.4. The zero-order valence-corrected chi connectivity index (χ0v) is 23.2. The number of thiazole rings is 1. The van der Waals surface area contributed by atoms with Crippen LogP contribution in [0, 0.1) is 0 Å². The summed E-state index contributed by atoms with van der Waals surface area (Å²) in [5, 5.41) is 2.57. The molecule has 1 heterocycles. The van der Waals surface area contributed by atoms with Crippen LogP contribution in [0.3, 0.4) is 0 Å². The Balaban J connectivity index is 1.20. The standard InChI is InChI=1S/C34H29NSSi/c1-37(2,3)31-8-6-7-30(23-31)28-17-15-26(16-18-28)24-11-13-25(14-12-24)27-19-21-29(22-20-27)34-35-32-9-4-5-10-33(32)36-34/h4-23H,1-3H3. The van der Waals surface area contributed by atoms with Gasteiger partial charge < -0.3 is 0 Å². The van der Waals surface area contributed by atoms with E-state index < -0.39 is 8.07 Å². The molecule has 1 aromatic heterocycles. The minimum Gasteiger partial charge on any atom is -0.236 e. The van der Waals surface area contributed by atoms with E-state index in [2.05, 4.69) is 135 Å². The molecule has 0 spiro atoms. The van der Waals surface area contributed by atoms with Gasteiger partial charge in [0.05, 0.1) is 18.3 Å². The maximum absolute atomic E-state index is 4.79. The second-order valence-electron chi connectivity index (χ2n) is 10.5. The van der Waals surface area contributed by atoms with Crippen LogP contribution in [0.2, 0.25) is 19.6 Å². The smallest absolute Gasteiger partial charge is 0.124 e. The highest BCUT2D eigenvalue weighted by atomic mass is 32.1. The molecular formula is C34H29NSSi. The van der Waals surface area contributed by atoms with Gasteiger partial charge in [-0.25, -0.2) is 4.98 Å². The Kier molecular flexibility index (Phi) is 6.11. The fourth-order valence-corrected chi connectivity index (χ4v) is 6.83. The lowest BCUT2D eigenvalue weighted by molar-refractivity contribution is 1.47. The van der Waals surface area contributed by atoms with Gasteiger partial charge in [0.25, 0.3) is 0 Å². The molecule has 6 aromatic rings. The van der Waals surface area contributed by atoms with Crippen molar-refractivity contribution in [1.29, 1.82) is 0 Å². The Hall–Kier alpha value is -3.79. The van der Waals surface area contributed by atoms with Crippen LogP contribution in [-0.2, 0) is 0 Å². The number of nitrogens with zero attached hydrogens (tertiary/aromatic N) is 1. The summed E-state index contributed by atoms with van der Waals surface area (Å²) in [6.45, 7) is 7.20. The average Bonchev–Trinajstić information content (AvgIpc) is 3.38. The van der Waals surface area contributed by atoms with Crippen LogP contribution >= 0.6 is 11.3 Å². The average molecular weight is 512 g/mol. The van der Waals surface area contributed by atoms with Crippen molar-refractivity contribution in [3.63, 3.8) is 0 Å². The van der Waals surface area contributed by atoms with E-state index in [0.29, 0.717) is 0 Å². The van der Waals surface area contributed by atoms with Crippen molar-refractivity contribution in [1.82, 2.24) is 4.98 Å². The Labute approximate surface area is 224 Å². The number of aromatic nitrogens is 1. The molecule has 0 aliphatic carbocycles. The molecule has 1 nitrogen and oxygen atoms in total. The molecule has 0 saturated carbocycles.